The van der Waals surface area contributed by atoms with Crippen molar-refractivity contribution in [2.75, 3.05) is 0 Å². The van der Waals surface area contributed by atoms with E-state index in [2.05, 4.69) is 15.3 Å². The molecule has 0 bridgehead atoms. The lowest BCUT2D eigenvalue weighted by molar-refractivity contribution is 0.625. The smallest absolute Gasteiger partial charge is 0.216 e. The van der Waals surface area contributed by atoms with E-state index in [0.717, 1.165) is 5.56 Å². The molecule has 23 heavy (non-hydrogen) atoms. The van der Waals surface area contributed by atoms with Gasteiger partial charge >= 0.3 is 0 Å². The highest BCUT2D eigenvalue weighted by atomic mass is 35.5. The largest absolute Gasteiger partial charge is 0.250 e. The number of nitrogens with one attached hydrogen (secondary N) is 1. The first-order valence-electron chi connectivity index (χ1n) is 6.48. The molecule has 116 valence electrons. The summed E-state index contributed by atoms with van der Waals surface area (Å²) in [6.45, 7) is 0. The fraction of sp³-hybridized carbons (Fsp3) is 0. The van der Waals surface area contributed by atoms with E-state index < -0.39 is 5.82 Å². The predicted octanol–water partition coefficient (Wildman–Crippen LogP) is 4.94. The monoisotopic (exact) mass is 366 g/mol. The Kier molecular flexibility index (Phi) is 4.56. The topological polar surface area (TPSA) is 46.0 Å². The lowest BCUT2D eigenvalue weighted by atomic mass is 10.2. The first kappa shape index (κ1) is 15.9. The van der Waals surface area contributed by atoms with Gasteiger partial charge in [0.2, 0.25) is 4.77 Å². The van der Waals surface area contributed by atoms with Crippen LogP contribution in [0.5, 0.6) is 0 Å². The van der Waals surface area contributed by atoms with Gasteiger partial charge in [-0.1, -0.05) is 41.4 Å². The van der Waals surface area contributed by atoms with Crippen LogP contribution < -0.4 is 0 Å². The molecule has 8 heteroatoms. The number of hydrogen-bond donors (Lipinski definition) is 1. The Labute approximate surface area is 146 Å². The number of rotatable bonds is 3. The summed E-state index contributed by atoms with van der Waals surface area (Å²) >= 11 is 17.1. The van der Waals surface area contributed by atoms with E-state index in [9.17, 15) is 4.39 Å². The zero-order valence-electron chi connectivity index (χ0n) is 11.5. The van der Waals surface area contributed by atoms with E-state index in [-0.39, 0.29) is 15.4 Å². The fourth-order valence-corrected chi connectivity index (χ4v) is 2.54. The van der Waals surface area contributed by atoms with Crippen molar-refractivity contribution in [1.82, 2.24) is 14.9 Å². The van der Waals surface area contributed by atoms with Crippen molar-refractivity contribution in [2.24, 2.45) is 5.10 Å². The zero-order valence-corrected chi connectivity index (χ0v) is 13.8. The average molecular weight is 367 g/mol. The van der Waals surface area contributed by atoms with Crippen molar-refractivity contribution in [1.29, 1.82) is 0 Å². The van der Waals surface area contributed by atoms with Crippen molar-refractivity contribution >= 4 is 41.6 Å². The first-order chi connectivity index (χ1) is 11.1. The maximum atomic E-state index is 13.8. The summed E-state index contributed by atoms with van der Waals surface area (Å²) in [6, 6.07) is 11.5. The number of halogens is 3. The molecule has 0 atom stereocenters. The molecular weight excluding hydrogens is 358 g/mol. The summed E-state index contributed by atoms with van der Waals surface area (Å²) in [5, 5.41) is 11.8. The molecule has 1 aromatic heterocycles. The maximum absolute atomic E-state index is 13.8. The predicted molar refractivity (Wildman–Crippen MR) is 92.3 cm³/mol. The van der Waals surface area contributed by atoms with Crippen LogP contribution >= 0.6 is 35.4 Å². The minimum absolute atomic E-state index is 0.175. The van der Waals surface area contributed by atoms with Crippen molar-refractivity contribution in [2.45, 2.75) is 0 Å². The molecule has 3 aromatic rings. The third-order valence-electron chi connectivity index (χ3n) is 3.04. The molecule has 2 aromatic carbocycles. The summed E-state index contributed by atoms with van der Waals surface area (Å²) in [7, 11) is 0. The number of nitrogens with zero attached hydrogens (tertiary/aromatic N) is 3. The molecule has 3 rings (SSSR count). The van der Waals surface area contributed by atoms with E-state index in [1.807, 2.05) is 6.07 Å². The van der Waals surface area contributed by atoms with Crippen molar-refractivity contribution in [3.05, 3.63) is 68.7 Å². The van der Waals surface area contributed by atoms with Gasteiger partial charge in [0.05, 0.1) is 11.2 Å². The van der Waals surface area contributed by atoms with E-state index in [0.29, 0.717) is 10.8 Å². The zero-order chi connectivity index (χ0) is 16.4. The molecule has 0 radical (unpaired) electrons. The highest BCUT2D eigenvalue weighted by Crippen LogP contribution is 2.22. The normalized spacial score (nSPS) is 11.3. The molecule has 1 heterocycles. The SMILES string of the molecule is Fc1cccc(Cl)c1/C=N\n1c(-c2cccc(Cl)c2)n[nH]c1=S. The summed E-state index contributed by atoms with van der Waals surface area (Å²) in [6.07, 6.45) is 1.30. The molecule has 0 saturated heterocycles. The third kappa shape index (κ3) is 3.34. The van der Waals surface area contributed by atoms with Crippen molar-refractivity contribution < 1.29 is 4.39 Å². The molecule has 0 unspecified atom stereocenters. The van der Waals surface area contributed by atoms with Crippen LogP contribution in [0.4, 0.5) is 4.39 Å². The number of aromatic amines is 1. The second kappa shape index (κ2) is 6.62. The van der Waals surface area contributed by atoms with Crippen molar-refractivity contribution in [3.8, 4) is 11.4 Å². The van der Waals surface area contributed by atoms with Gasteiger partial charge in [-0.3, -0.25) is 0 Å². The van der Waals surface area contributed by atoms with Crippen LogP contribution in [0.15, 0.2) is 47.6 Å². The van der Waals surface area contributed by atoms with Crippen LogP contribution in [-0.4, -0.2) is 21.1 Å². The molecule has 0 aliphatic rings. The summed E-state index contributed by atoms with van der Waals surface area (Å²) in [4.78, 5) is 0. The highest BCUT2D eigenvalue weighted by Gasteiger charge is 2.09. The minimum Gasteiger partial charge on any atom is -0.250 e. The third-order valence-corrected chi connectivity index (χ3v) is 3.86. The Bertz CT molecular complexity index is 928. The summed E-state index contributed by atoms with van der Waals surface area (Å²) in [5.74, 6) is -0.0122. The molecule has 1 N–H and O–H groups in total. The summed E-state index contributed by atoms with van der Waals surface area (Å²) in [5.41, 5.74) is 0.899. The first-order valence-corrected chi connectivity index (χ1v) is 7.64. The molecule has 0 spiro atoms. The van der Waals surface area contributed by atoms with Gasteiger partial charge in [-0.05, 0) is 36.5 Å². The molecule has 0 aliphatic heterocycles. The number of aromatic nitrogens is 3. The van der Waals surface area contributed by atoms with E-state index in [1.165, 1.54) is 23.0 Å². The van der Waals surface area contributed by atoms with Gasteiger partial charge in [0, 0.05) is 16.1 Å². The Hall–Kier alpha value is -2.02. The Balaban J connectivity index is 2.06. The molecule has 0 aliphatic carbocycles. The Morgan fingerprint density at radius 1 is 1.22 bits per heavy atom. The van der Waals surface area contributed by atoms with Crippen molar-refractivity contribution in [3.63, 3.8) is 0 Å². The van der Waals surface area contributed by atoms with Crippen LogP contribution in [0.1, 0.15) is 5.56 Å². The lowest BCUT2D eigenvalue weighted by Crippen LogP contribution is -1.97. The van der Waals surface area contributed by atoms with Crippen LogP contribution in [0.25, 0.3) is 11.4 Å². The number of hydrogen-bond acceptors (Lipinski definition) is 3. The van der Waals surface area contributed by atoms with Gasteiger partial charge in [-0.2, -0.15) is 14.9 Å². The van der Waals surface area contributed by atoms with Gasteiger partial charge in [0.25, 0.3) is 0 Å². The Morgan fingerprint density at radius 3 is 2.74 bits per heavy atom. The van der Waals surface area contributed by atoms with Crippen LogP contribution in [0.2, 0.25) is 10.0 Å². The van der Waals surface area contributed by atoms with Crippen LogP contribution in [0, 0.1) is 10.6 Å². The molecule has 4 nitrogen and oxygen atoms in total. The highest BCUT2D eigenvalue weighted by molar-refractivity contribution is 7.71. The van der Waals surface area contributed by atoms with Crippen LogP contribution in [-0.2, 0) is 0 Å². The van der Waals surface area contributed by atoms with Crippen LogP contribution in [0.3, 0.4) is 0 Å². The van der Waals surface area contributed by atoms with E-state index >= 15 is 0 Å². The molecular formula is C15H9Cl2FN4S. The average Bonchev–Trinajstić information content (AvgIpc) is 2.88. The summed E-state index contributed by atoms with van der Waals surface area (Å²) < 4.78 is 15.5. The Morgan fingerprint density at radius 2 is 2.00 bits per heavy atom. The van der Waals surface area contributed by atoms with Gasteiger partial charge in [0.15, 0.2) is 5.82 Å². The minimum atomic E-state index is -0.472. The quantitative estimate of drug-likeness (QED) is 0.527. The van der Waals surface area contributed by atoms with Gasteiger partial charge in [0.1, 0.15) is 5.82 Å². The van der Waals surface area contributed by atoms with E-state index in [1.54, 1.807) is 24.3 Å². The lowest BCUT2D eigenvalue weighted by Gasteiger charge is -2.02. The molecule has 0 amide bonds. The second-order valence-corrected chi connectivity index (χ2v) is 5.78. The number of benzene rings is 2. The van der Waals surface area contributed by atoms with Gasteiger partial charge < -0.3 is 0 Å². The number of H-pyrrole nitrogens is 1. The van der Waals surface area contributed by atoms with Gasteiger partial charge in [-0.25, -0.2) is 9.49 Å². The van der Waals surface area contributed by atoms with Gasteiger partial charge in [-0.15, -0.1) is 0 Å². The molecule has 0 saturated carbocycles. The van der Waals surface area contributed by atoms with E-state index in [4.69, 9.17) is 35.4 Å². The maximum Gasteiger partial charge on any atom is 0.216 e. The fourth-order valence-electron chi connectivity index (χ4n) is 1.96. The molecule has 0 fully saturated rings. The standard InChI is InChI=1S/C15H9Cl2FN4S/c16-10-4-1-3-9(7-10)14-20-21-15(23)22(14)19-8-11-12(17)5-2-6-13(11)18/h1-8H,(H,21,23)/b19-8-. The second-order valence-electron chi connectivity index (χ2n) is 4.55.